The zero-order chi connectivity index (χ0) is 9.47. The molecule has 0 amide bonds. The second-order valence-electron chi connectivity index (χ2n) is 3.12. The van der Waals surface area contributed by atoms with Crippen LogP contribution in [0.3, 0.4) is 0 Å². The molecule has 70 valence electrons. The van der Waals surface area contributed by atoms with Crippen molar-refractivity contribution in [2.24, 2.45) is 0 Å². The van der Waals surface area contributed by atoms with Crippen LogP contribution in [0.1, 0.15) is 11.7 Å². The van der Waals surface area contributed by atoms with Gasteiger partial charge in [-0.1, -0.05) is 12.1 Å². The zero-order valence-corrected chi connectivity index (χ0v) is 6.84. The average Bonchev–Trinajstić information content (AvgIpc) is 2.02. The van der Waals surface area contributed by atoms with Crippen molar-refractivity contribution in [2.45, 2.75) is 12.0 Å². The van der Waals surface area contributed by atoms with Gasteiger partial charge in [-0.05, 0) is 17.7 Å². The molecule has 0 aromatic heterocycles. The number of benzene rings is 1. The smallest absolute Gasteiger partial charge is 0.300 e. The quantitative estimate of drug-likeness (QED) is 0.679. The van der Waals surface area contributed by atoms with E-state index in [9.17, 15) is 8.78 Å². The number of nitrogens with two attached hydrogens (primary N) is 1. The highest BCUT2D eigenvalue weighted by atomic mass is 19.3. The Hall–Kier alpha value is -1.16. The highest BCUT2D eigenvalue weighted by Crippen LogP contribution is 2.43. The normalized spacial score (nSPS) is 25.2. The maximum Gasteiger partial charge on any atom is 0.300 e. The number of hydrogen-bond donors (Lipinski definition) is 1. The van der Waals surface area contributed by atoms with Crippen molar-refractivity contribution in [1.82, 2.24) is 0 Å². The molecule has 0 spiro atoms. The first-order chi connectivity index (χ1) is 6.09. The highest BCUT2D eigenvalue weighted by molar-refractivity contribution is 5.42. The predicted octanol–water partition coefficient (Wildman–Crippen LogP) is 1.98. The molecule has 13 heavy (non-hydrogen) atoms. The SMILES string of the molecule is Nc1cccc(C2OCC2(F)F)c1. The van der Waals surface area contributed by atoms with E-state index in [1.807, 2.05) is 0 Å². The summed E-state index contributed by atoms with van der Waals surface area (Å²) in [6.45, 7) is -0.494. The standard InChI is InChI=1S/C9H9F2NO/c10-9(11)5-13-8(9)6-2-1-3-7(12)4-6/h1-4,8H,5,12H2. The van der Waals surface area contributed by atoms with E-state index in [1.165, 1.54) is 6.07 Å². The number of anilines is 1. The molecule has 1 atom stereocenters. The van der Waals surface area contributed by atoms with Crippen LogP contribution in [0.2, 0.25) is 0 Å². The van der Waals surface area contributed by atoms with Gasteiger partial charge in [0.15, 0.2) is 0 Å². The first-order valence-corrected chi connectivity index (χ1v) is 3.94. The van der Waals surface area contributed by atoms with E-state index < -0.39 is 18.6 Å². The number of hydrogen-bond acceptors (Lipinski definition) is 2. The van der Waals surface area contributed by atoms with E-state index in [4.69, 9.17) is 10.5 Å². The number of alkyl halides is 2. The Kier molecular flexibility index (Phi) is 1.73. The third-order valence-electron chi connectivity index (χ3n) is 2.04. The Labute approximate surface area is 74.3 Å². The third kappa shape index (κ3) is 1.37. The van der Waals surface area contributed by atoms with Gasteiger partial charge in [0.05, 0.1) is 0 Å². The maximum atomic E-state index is 12.9. The molecule has 1 aromatic rings. The van der Waals surface area contributed by atoms with Crippen molar-refractivity contribution in [3.8, 4) is 0 Å². The van der Waals surface area contributed by atoms with Gasteiger partial charge < -0.3 is 10.5 Å². The van der Waals surface area contributed by atoms with Crippen LogP contribution in [-0.2, 0) is 4.74 Å². The van der Waals surface area contributed by atoms with Gasteiger partial charge >= 0.3 is 5.92 Å². The number of rotatable bonds is 1. The van der Waals surface area contributed by atoms with Gasteiger partial charge in [0.1, 0.15) is 12.7 Å². The Balaban J connectivity index is 2.26. The molecule has 0 radical (unpaired) electrons. The lowest BCUT2D eigenvalue weighted by atomic mass is 9.99. The Morgan fingerprint density at radius 3 is 2.69 bits per heavy atom. The lowest BCUT2D eigenvalue weighted by molar-refractivity contribution is -0.268. The summed E-state index contributed by atoms with van der Waals surface area (Å²) < 4.78 is 30.5. The Morgan fingerprint density at radius 1 is 1.46 bits per heavy atom. The van der Waals surface area contributed by atoms with Gasteiger partial charge in [-0.15, -0.1) is 0 Å². The molecule has 1 fully saturated rings. The fourth-order valence-electron chi connectivity index (χ4n) is 1.35. The van der Waals surface area contributed by atoms with Crippen LogP contribution in [0.15, 0.2) is 24.3 Å². The molecular weight excluding hydrogens is 176 g/mol. The molecule has 1 heterocycles. The summed E-state index contributed by atoms with van der Waals surface area (Å²) in [6, 6.07) is 6.40. The first kappa shape index (κ1) is 8.44. The van der Waals surface area contributed by atoms with Crippen LogP contribution in [0.25, 0.3) is 0 Å². The molecule has 1 aromatic carbocycles. The molecule has 4 heteroatoms. The van der Waals surface area contributed by atoms with E-state index in [2.05, 4.69) is 0 Å². The Morgan fingerprint density at radius 2 is 2.23 bits per heavy atom. The fraction of sp³-hybridized carbons (Fsp3) is 0.333. The van der Waals surface area contributed by atoms with Crippen LogP contribution in [0.5, 0.6) is 0 Å². The van der Waals surface area contributed by atoms with Crippen molar-refractivity contribution in [3.63, 3.8) is 0 Å². The molecule has 0 saturated carbocycles. The lowest BCUT2D eigenvalue weighted by Crippen LogP contribution is -2.44. The summed E-state index contributed by atoms with van der Waals surface area (Å²) in [6.07, 6.45) is -1.11. The van der Waals surface area contributed by atoms with Crippen LogP contribution in [0, 0.1) is 0 Å². The van der Waals surface area contributed by atoms with Crippen molar-refractivity contribution < 1.29 is 13.5 Å². The molecule has 1 aliphatic heterocycles. The van der Waals surface area contributed by atoms with Crippen molar-refractivity contribution in [3.05, 3.63) is 29.8 Å². The number of ether oxygens (including phenoxy) is 1. The molecule has 1 saturated heterocycles. The number of halogens is 2. The van der Waals surface area contributed by atoms with E-state index in [0.29, 0.717) is 11.3 Å². The fourth-order valence-corrected chi connectivity index (χ4v) is 1.35. The maximum absolute atomic E-state index is 12.9. The summed E-state index contributed by atoms with van der Waals surface area (Å²) in [5.74, 6) is -2.74. The average molecular weight is 185 g/mol. The minimum atomic E-state index is -2.74. The molecule has 0 aliphatic carbocycles. The molecule has 2 N–H and O–H groups in total. The minimum absolute atomic E-state index is 0.441. The van der Waals surface area contributed by atoms with Crippen molar-refractivity contribution in [2.75, 3.05) is 12.3 Å². The molecule has 2 nitrogen and oxygen atoms in total. The molecule has 0 bridgehead atoms. The van der Waals surface area contributed by atoms with Crippen LogP contribution in [-0.4, -0.2) is 12.5 Å². The summed E-state index contributed by atoms with van der Waals surface area (Å²) in [4.78, 5) is 0. The summed E-state index contributed by atoms with van der Waals surface area (Å²) in [5, 5.41) is 0. The van der Waals surface area contributed by atoms with Crippen LogP contribution in [0.4, 0.5) is 14.5 Å². The van der Waals surface area contributed by atoms with Gasteiger partial charge in [0.2, 0.25) is 0 Å². The van der Waals surface area contributed by atoms with Crippen LogP contribution >= 0.6 is 0 Å². The van der Waals surface area contributed by atoms with E-state index in [1.54, 1.807) is 18.2 Å². The highest BCUT2D eigenvalue weighted by Gasteiger charge is 2.51. The van der Waals surface area contributed by atoms with Gasteiger partial charge in [0, 0.05) is 5.69 Å². The van der Waals surface area contributed by atoms with E-state index in [0.717, 1.165) is 0 Å². The monoisotopic (exact) mass is 185 g/mol. The van der Waals surface area contributed by atoms with Crippen molar-refractivity contribution in [1.29, 1.82) is 0 Å². The van der Waals surface area contributed by atoms with Gasteiger partial charge in [0.25, 0.3) is 0 Å². The van der Waals surface area contributed by atoms with Gasteiger partial charge in [-0.25, -0.2) is 8.78 Å². The molecule has 1 aliphatic rings. The van der Waals surface area contributed by atoms with E-state index >= 15 is 0 Å². The Bertz CT molecular complexity index is 327. The summed E-state index contributed by atoms with van der Waals surface area (Å²) in [5.41, 5.74) is 6.38. The molecular formula is C9H9F2NO. The third-order valence-corrected chi connectivity index (χ3v) is 2.04. The molecule has 1 unspecified atom stereocenters. The minimum Gasteiger partial charge on any atom is -0.399 e. The zero-order valence-electron chi connectivity index (χ0n) is 6.84. The number of nitrogen functional groups attached to an aromatic ring is 1. The first-order valence-electron chi connectivity index (χ1n) is 3.94. The largest absolute Gasteiger partial charge is 0.399 e. The topological polar surface area (TPSA) is 35.2 Å². The summed E-state index contributed by atoms with van der Waals surface area (Å²) >= 11 is 0. The second kappa shape index (κ2) is 2.67. The predicted molar refractivity (Wildman–Crippen MR) is 44.5 cm³/mol. The summed E-state index contributed by atoms with van der Waals surface area (Å²) in [7, 11) is 0. The van der Waals surface area contributed by atoms with E-state index in [-0.39, 0.29) is 0 Å². The van der Waals surface area contributed by atoms with Crippen molar-refractivity contribution >= 4 is 5.69 Å². The van der Waals surface area contributed by atoms with Gasteiger partial charge in [-0.3, -0.25) is 0 Å². The van der Waals surface area contributed by atoms with Crippen LogP contribution < -0.4 is 5.73 Å². The second-order valence-corrected chi connectivity index (χ2v) is 3.12. The lowest BCUT2D eigenvalue weighted by Gasteiger charge is -2.36. The molecule has 2 rings (SSSR count). The van der Waals surface area contributed by atoms with Gasteiger partial charge in [-0.2, -0.15) is 0 Å².